The SMILES string of the molecule is CC1(C)[C@H](NC(=O)c2cc3cccc(C4COC4)c3s2)C2CCN1CC2. The fourth-order valence-electron chi connectivity index (χ4n) is 5.02. The van der Waals surface area contributed by atoms with Gasteiger partial charge >= 0.3 is 0 Å². The Hall–Kier alpha value is -1.43. The van der Waals surface area contributed by atoms with Crippen LogP contribution in [-0.4, -0.2) is 48.7 Å². The number of nitrogens with one attached hydrogen (secondary N) is 1. The van der Waals surface area contributed by atoms with Crippen molar-refractivity contribution < 1.29 is 9.53 Å². The molecule has 0 spiro atoms. The van der Waals surface area contributed by atoms with Crippen molar-refractivity contribution in [2.24, 2.45) is 5.92 Å². The van der Waals surface area contributed by atoms with E-state index in [4.69, 9.17) is 4.74 Å². The van der Waals surface area contributed by atoms with E-state index < -0.39 is 0 Å². The smallest absolute Gasteiger partial charge is 0.261 e. The molecular weight excluding hydrogens is 344 g/mol. The summed E-state index contributed by atoms with van der Waals surface area (Å²) in [6, 6.07) is 8.70. The van der Waals surface area contributed by atoms with E-state index in [9.17, 15) is 4.79 Å². The molecule has 6 rings (SSSR count). The largest absolute Gasteiger partial charge is 0.380 e. The van der Waals surface area contributed by atoms with Crippen LogP contribution in [0, 0.1) is 5.92 Å². The summed E-state index contributed by atoms with van der Waals surface area (Å²) in [6.07, 6.45) is 2.40. The average Bonchev–Trinajstić information content (AvgIpc) is 3.02. The predicted octanol–water partition coefficient (Wildman–Crippen LogP) is 3.62. The Balaban J connectivity index is 1.42. The Morgan fingerprint density at radius 2 is 2.04 bits per heavy atom. The van der Waals surface area contributed by atoms with E-state index >= 15 is 0 Å². The topological polar surface area (TPSA) is 41.6 Å². The van der Waals surface area contributed by atoms with E-state index in [1.807, 2.05) is 0 Å². The first-order chi connectivity index (χ1) is 12.5. The lowest BCUT2D eigenvalue weighted by atomic mass is 9.72. The quantitative estimate of drug-likeness (QED) is 0.897. The van der Waals surface area contributed by atoms with Gasteiger partial charge in [0.2, 0.25) is 0 Å². The molecule has 1 aromatic carbocycles. The third-order valence-corrected chi connectivity index (χ3v) is 7.95. The van der Waals surface area contributed by atoms with Crippen LogP contribution >= 0.6 is 11.3 Å². The van der Waals surface area contributed by atoms with Crippen molar-refractivity contribution in [3.63, 3.8) is 0 Å². The lowest BCUT2D eigenvalue weighted by molar-refractivity contribution is -0.0377. The van der Waals surface area contributed by atoms with E-state index in [-0.39, 0.29) is 17.5 Å². The van der Waals surface area contributed by atoms with Gasteiger partial charge in [-0.2, -0.15) is 0 Å². The molecule has 4 fully saturated rings. The number of nitrogens with zero attached hydrogens (tertiary/aromatic N) is 1. The first-order valence-electron chi connectivity index (χ1n) is 9.70. The van der Waals surface area contributed by atoms with Gasteiger partial charge in [0.15, 0.2) is 0 Å². The van der Waals surface area contributed by atoms with Crippen LogP contribution in [0.3, 0.4) is 0 Å². The molecule has 0 saturated carbocycles. The number of fused-ring (bicyclic) bond motifs is 4. The first kappa shape index (κ1) is 16.7. The minimum absolute atomic E-state index is 0.0436. The number of hydrogen-bond donors (Lipinski definition) is 1. The van der Waals surface area contributed by atoms with Crippen LogP contribution in [0.25, 0.3) is 10.1 Å². The van der Waals surface area contributed by atoms with Gasteiger partial charge in [-0.1, -0.05) is 18.2 Å². The number of benzene rings is 1. The summed E-state index contributed by atoms with van der Waals surface area (Å²) in [5.74, 6) is 1.18. The van der Waals surface area contributed by atoms with Gasteiger partial charge in [-0.3, -0.25) is 9.69 Å². The molecule has 26 heavy (non-hydrogen) atoms. The number of thiophene rings is 1. The maximum atomic E-state index is 13.1. The molecule has 0 radical (unpaired) electrons. The van der Waals surface area contributed by atoms with Crippen LogP contribution < -0.4 is 5.32 Å². The lowest BCUT2D eigenvalue weighted by Crippen LogP contribution is -2.69. The van der Waals surface area contributed by atoms with Crippen LogP contribution in [0.15, 0.2) is 24.3 Å². The normalized spacial score (nSPS) is 30.3. The van der Waals surface area contributed by atoms with Crippen molar-refractivity contribution in [3.05, 3.63) is 34.7 Å². The molecule has 4 nitrogen and oxygen atoms in total. The fourth-order valence-corrected chi connectivity index (χ4v) is 6.18. The Labute approximate surface area is 158 Å². The molecule has 5 heteroatoms. The fraction of sp³-hybridized carbons (Fsp3) is 0.571. The van der Waals surface area contributed by atoms with Crippen molar-refractivity contribution in [2.45, 2.75) is 44.2 Å². The molecule has 4 saturated heterocycles. The summed E-state index contributed by atoms with van der Waals surface area (Å²) < 4.78 is 6.61. The van der Waals surface area contributed by atoms with E-state index in [2.05, 4.69) is 48.3 Å². The van der Waals surface area contributed by atoms with Gasteiger partial charge < -0.3 is 10.1 Å². The van der Waals surface area contributed by atoms with Crippen LogP contribution in [0.5, 0.6) is 0 Å². The number of piperidine rings is 3. The zero-order valence-electron chi connectivity index (χ0n) is 15.5. The third kappa shape index (κ3) is 2.52. The van der Waals surface area contributed by atoms with Gasteiger partial charge in [-0.15, -0.1) is 11.3 Å². The minimum atomic E-state index is 0.0436. The minimum Gasteiger partial charge on any atom is -0.380 e. The molecule has 5 heterocycles. The zero-order valence-corrected chi connectivity index (χ0v) is 16.3. The Morgan fingerprint density at radius 3 is 2.69 bits per heavy atom. The Kier molecular flexibility index (Phi) is 3.89. The predicted molar refractivity (Wildman–Crippen MR) is 105 cm³/mol. The number of ether oxygens (including phenoxy) is 1. The highest BCUT2D eigenvalue weighted by Gasteiger charge is 2.48. The van der Waals surface area contributed by atoms with Crippen molar-refractivity contribution in [1.82, 2.24) is 10.2 Å². The molecule has 4 aliphatic rings. The third-order valence-electron chi connectivity index (χ3n) is 6.75. The molecule has 2 bridgehead atoms. The zero-order chi connectivity index (χ0) is 17.9. The average molecular weight is 371 g/mol. The molecular formula is C21H26N2O2S. The maximum absolute atomic E-state index is 13.1. The second kappa shape index (κ2) is 6.04. The first-order valence-corrected chi connectivity index (χ1v) is 10.5. The summed E-state index contributed by atoms with van der Waals surface area (Å²) in [5, 5.41) is 4.58. The van der Waals surface area contributed by atoms with Gasteiger partial charge in [-0.05, 0) is 62.7 Å². The molecule has 1 atom stereocenters. The van der Waals surface area contributed by atoms with Gasteiger partial charge in [0.1, 0.15) is 0 Å². The second-order valence-electron chi connectivity index (χ2n) is 8.54. The Bertz CT molecular complexity index is 847. The molecule has 4 aliphatic heterocycles. The molecule has 138 valence electrons. The van der Waals surface area contributed by atoms with Crippen molar-refractivity contribution in [1.29, 1.82) is 0 Å². The van der Waals surface area contributed by atoms with E-state index in [0.717, 1.165) is 18.1 Å². The van der Waals surface area contributed by atoms with Crippen LogP contribution in [0.2, 0.25) is 0 Å². The molecule has 0 aliphatic carbocycles. The van der Waals surface area contributed by atoms with Crippen LogP contribution in [0.4, 0.5) is 0 Å². The number of rotatable bonds is 3. The van der Waals surface area contributed by atoms with Crippen molar-refractivity contribution in [2.75, 3.05) is 26.3 Å². The number of hydrogen-bond acceptors (Lipinski definition) is 4. The van der Waals surface area contributed by atoms with Gasteiger partial charge in [-0.25, -0.2) is 0 Å². The Morgan fingerprint density at radius 1 is 1.27 bits per heavy atom. The maximum Gasteiger partial charge on any atom is 0.261 e. The lowest BCUT2D eigenvalue weighted by Gasteiger charge is -2.56. The summed E-state index contributed by atoms with van der Waals surface area (Å²) in [5.41, 5.74) is 1.38. The summed E-state index contributed by atoms with van der Waals surface area (Å²) in [4.78, 5) is 16.4. The summed E-state index contributed by atoms with van der Waals surface area (Å²) in [6.45, 7) is 8.49. The van der Waals surface area contributed by atoms with Gasteiger partial charge in [0, 0.05) is 22.2 Å². The summed E-state index contributed by atoms with van der Waals surface area (Å²) in [7, 11) is 0. The molecule has 1 amide bonds. The van der Waals surface area contributed by atoms with E-state index in [0.29, 0.717) is 11.8 Å². The molecule has 1 N–H and O–H groups in total. The van der Waals surface area contributed by atoms with Gasteiger partial charge in [0.25, 0.3) is 5.91 Å². The monoisotopic (exact) mass is 370 g/mol. The van der Waals surface area contributed by atoms with E-state index in [1.165, 1.54) is 41.6 Å². The highest BCUT2D eigenvalue weighted by Crippen LogP contribution is 2.40. The summed E-state index contributed by atoms with van der Waals surface area (Å²) >= 11 is 1.64. The number of carbonyl (C=O) groups is 1. The standard InChI is InChI=1S/C21H26N2O2S/c1-21(2)19(13-6-8-23(21)9-7-13)22-20(24)17-10-14-4-3-5-16(18(14)26-17)15-11-25-12-15/h3-5,10,13,15,19H,6-9,11-12H2,1-2H3,(H,22,24)/t19-/m1/s1. The molecule has 2 aromatic rings. The van der Waals surface area contributed by atoms with Crippen LogP contribution in [0.1, 0.15) is 47.8 Å². The molecule has 0 unspecified atom stereocenters. The second-order valence-corrected chi connectivity index (χ2v) is 9.59. The van der Waals surface area contributed by atoms with Gasteiger partial charge in [0.05, 0.1) is 18.1 Å². The highest BCUT2D eigenvalue weighted by molar-refractivity contribution is 7.21. The highest BCUT2D eigenvalue weighted by atomic mass is 32.1. The van der Waals surface area contributed by atoms with Crippen LogP contribution in [-0.2, 0) is 4.74 Å². The van der Waals surface area contributed by atoms with Crippen molar-refractivity contribution in [3.8, 4) is 0 Å². The molecule has 1 aromatic heterocycles. The van der Waals surface area contributed by atoms with E-state index in [1.54, 1.807) is 11.3 Å². The van der Waals surface area contributed by atoms with Crippen molar-refractivity contribution >= 4 is 27.3 Å². The number of carbonyl (C=O) groups excluding carboxylic acids is 1. The number of amides is 1.